The minimum absolute atomic E-state index is 0.0174. The first-order valence-corrected chi connectivity index (χ1v) is 6.13. The third kappa shape index (κ3) is 2.90. The van der Waals surface area contributed by atoms with Gasteiger partial charge in [0.1, 0.15) is 18.2 Å². The van der Waals surface area contributed by atoms with Gasteiger partial charge in [0.05, 0.1) is 6.54 Å². The van der Waals surface area contributed by atoms with Gasteiger partial charge < -0.3 is 15.0 Å². The Morgan fingerprint density at radius 3 is 2.83 bits per heavy atom. The Morgan fingerprint density at radius 1 is 1.39 bits per heavy atom. The molecule has 18 heavy (non-hydrogen) atoms. The van der Waals surface area contributed by atoms with Crippen LogP contribution in [0.25, 0.3) is 0 Å². The number of rotatable bonds is 5. The van der Waals surface area contributed by atoms with E-state index in [-0.39, 0.29) is 6.04 Å². The smallest absolute Gasteiger partial charge is 0.124 e. The number of hydrogen-bond acceptors (Lipinski definition) is 3. The summed E-state index contributed by atoms with van der Waals surface area (Å²) in [5.41, 5.74) is 6.95. The van der Waals surface area contributed by atoms with Gasteiger partial charge in [-0.25, -0.2) is 4.98 Å². The molecule has 2 rings (SSSR count). The number of nitrogens with two attached hydrogens (primary N) is 1. The summed E-state index contributed by atoms with van der Waals surface area (Å²) >= 11 is 0. The lowest BCUT2D eigenvalue weighted by molar-refractivity contribution is 0.293. The maximum atomic E-state index is 5.91. The maximum absolute atomic E-state index is 5.91. The minimum atomic E-state index is -0.0174. The van der Waals surface area contributed by atoms with Crippen molar-refractivity contribution in [1.82, 2.24) is 9.55 Å². The van der Waals surface area contributed by atoms with Gasteiger partial charge in [0, 0.05) is 24.0 Å². The van der Waals surface area contributed by atoms with Crippen LogP contribution in [0.4, 0.5) is 0 Å². The minimum Gasteiger partial charge on any atom is -0.491 e. The molecule has 0 saturated carbocycles. The van der Waals surface area contributed by atoms with Gasteiger partial charge in [0.2, 0.25) is 0 Å². The van der Waals surface area contributed by atoms with E-state index < -0.39 is 0 Å². The molecular formula is C14H19N3O. The van der Waals surface area contributed by atoms with Gasteiger partial charge in [-0.1, -0.05) is 18.2 Å². The molecule has 1 aromatic carbocycles. The van der Waals surface area contributed by atoms with Gasteiger partial charge in [0.15, 0.2) is 0 Å². The Balaban J connectivity index is 1.96. The lowest BCUT2D eigenvalue weighted by Gasteiger charge is -2.14. The summed E-state index contributed by atoms with van der Waals surface area (Å²) in [7, 11) is 0. The van der Waals surface area contributed by atoms with E-state index in [0.717, 1.165) is 23.7 Å². The first-order chi connectivity index (χ1) is 8.68. The van der Waals surface area contributed by atoms with Gasteiger partial charge in [-0.15, -0.1) is 0 Å². The van der Waals surface area contributed by atoms with Gasteiger partial charge in [-0.3, -0.25) is 0 Å². The molecule has 0 fully saturated rings. The molecule has 0 aliphatic carbocycles. The lowest BCUT2D eigenvalue weighted by Crippen LogP contribution is -2.12. The monoisotopic (exact) mass is 245 g/mol. The highest BCUT2D eigenvalue weighted by molar-refractivity contribution is 5.35. The van der Waals surface area contributed by atoms with Crippen molar-refractivity contribution in [2.45, 2.75) is 26.4 Å². The molecular weight excluding hydrogens is 226 g/mol. The van der Waals surface area contributed by atoms with E-state index in [2.05, 4.69) is 9.55 Å². The number of aromatic nitrogens is 2. The number of benzene rings is 1. The summed E-state index contributed by atoms with van der Waals surface area (Å²) in [4.78, 5) is 4.18. The molecule has 0 radical (unpaired) electrons. The van der Waals surface area contributed by atoms with E-state index in [0.29, 0.717) is 6.61 Å². The summed E-state index contributed by atoms with van der Waals surface area (Å²) in [5, 5.41) is 0. The largest absolute Gasteiger partial charge is 0.491 e. The molecule has 0 aliphatic heterocycles. The normalized spacial score (nSPS) is 12.4. The van der Waals surface area contributed by atoms with Gasteiger partial charge in [-0.05, 0) is 19.9 Å². The zero-order chi connectivity index (χ0) is 13.0. The predicted octanol–water partition coefficient (Wildman–Crippen LogP) is 2.29. The van der Waals surface area contributed by atoms with Crippen molar-refractivity contribution < 1.29 is 4.74 Å². The fourth-order valence-corrected chi connectivity index (χ4v) is 1.88. The molecule has 0 saturated heterocycles. The van der Waals surface area contributed by atoms with Crippen LogP contribution in [0.3, 0.4) is 0 Å². The summed E-state index contributed by atoms with van der Waals surface area (Å²) in [6.45, 7) is 5.35. The summed E-state index contributed by atoms with van der Waals surface area (Å²) in [5.74, 6) is 1.87. The van der Waals surface area contributed by atoms with Crippen molar-refractivity contribution in [1.29, 1.82) is 0 Å². The molecule has 1 aromatic heterocycles. The molecule has 0 bridgehead atoms. The fraction of sp³-hybridized carbons (Fsp3) is 0.357. The Bertz CT molecular complexity index is 505. The Morgan fingerprint density at radius 2 is 2.17 bits per heavy atom. The molecule has 96 valence electrons. The van der Waals surface area contributed by atoms with E-state index in [1.165, 1.54) is 0 Å². The van der Waals surface area contributed by atoms with Gasteiger partial charge in [0.25, 0.3) is 0 Å². The molecule has 4 nitrogen and oxygen atoms in total. The van der Waals surface area contributed by atoms with E-state index in [4.69, 9.17) is 10.5 Å². The number of hydrogen-bond donors (Lipinski definition) is 1. The second-order valence-electron chi connectivity index (χ2n) is 4.34. The number of aryl methyl sites for hydroxylation is 1. The van der Waals surface area contributed by atoms with E-state index >= 15 is 0 Å². The summed E-state index contributed by atoms with van der Waals surface area (Å²) in [6.07, 6.45) is 3.75. The number of imidazole rings is 1. The average molecular weight is 245 g/mol. The molecule has 0 unspecified atom stereocenters. The highest BCUT2D eigenvalue weighted by Gasteiger charge is 2.07. The van der Waals surface area contributed by atoms with Crippen LogP contribution in [-0.2, 0) is 6.54 Å². The molecule has 1 atom stereocenters. The van der Waals surface area contributed by atoms with E-state index in [1.54, 1.807) is 6.20 Å². The van der Waals surface area contributed by atoms with Crippen LogP contribution in [0.2, 0.25) is 0 Å². The van der Waals surface area contributed by atoms with E-state index in [1.807, 2.05) is 44.3 Å². The molecule has 2 N–H and O–H groups in total. The van der Waals surface area contributed by atoms with Crippen LogP contribution in [0.15, 0.2) is 36.7 Å². The molecule has 0 spiro atoms. The zero-order valence-corrected chi connectivity index (χ0v) is 10.8. The highest BCUT2D eigenvalue weighted by atomic mass is 16.5. The first-order valence-electron chi connectivity index (χ1n) is 6.13. The Hall–Kier alpha value is -1.81. The van der Waals surface area contributed by atoms with E-state index in [9.17, 15) is 0 Å². The third-order valence-corrected chi connectivity index (χ3v) is 2.92. The molecule has 2 aromatic rings. The van der Waals surface area contributed by atoms with Crippen molar-refractivity contribution in [3.05, 3.63) is 48.0 Å². The number of para-hydroxylation sites is 1. The van der Waals surface area contributed by atoms with Crippen molar-refractivity contribution in [2.24, 2.45) is 5.73 Å². The second-order valence-corrected chi connectivity index (χ2v) is 4.34. The Kier molecular flexibility index (Phi) is 3.99. The standard InChI is InChI=1S/C14H19N3O/c1-11(15)13-5-3-4-6-14(13)18-10-9-17-8-7-16-12(17)2/h3-8,11H,9-10,15H2,1-2H3/t11-/m0/s1. The highest BCUT2D eigenvalue weighted by Crippen LogP contribution is 2.23. The summed E-state index contributed by atoms with van der Waals surface area (Å²) in [6, 6.07) is 7.88. The number of ether oxygens (including phenoxy) is 1. The molecule has 0 aliphatic rings. The number of nitrogens with zero attached hydrogens (tertiary/aromatic N) is 2. The zero-order valence-electron chi connectivity index (χ0n) is 10.8. The SMILES string of the molecule is Cc1nccn1CCOc1ccccc1[C@H](C)N. The van der Waals surface area contributed by atoms with Crippen molar-refractivity contribution in [2.75, 3.05) is 6.61 Å². The average Bonchev–Trinajstić information content (AvgIpc) is 2.76. The molecule has 0 amide bonds. The lowest BCUT2D eigenvalue weighted by atomic mass is 10.1. The summed E-state index contributed by atoms with van der Waals surface area (Å²) < 4.78 is 7.86. The van der Waals surface area contributed by atoms with Crippen LogP contribution in [-0.4, -0.2) is 16.2 Å². The predicted molar refractivity (Wildman–Crippen MR) is 71.5 cm³/mol. The molecule has 1 heterocycles. The van der Waals surface area contributed by atoms with Crippen molar-refractivity contribution in [3.63, 3.8) is 0 Å². The molecule has 4 heteroatoms. The van der Waals surface area contributed by atoms with Crippen LogP contribution < -0.4 is 10.5 Å². The quantitative estimate of drug-likeness (QED) is 0.879. The fourth-order valence-electron chi connectivity index (χ4n) is 1.88. The van der Waals surface area contributed by atoms with Crippen molar-refractivity contribution >= 4 is 0 Å². The van der Waals surface area contributed by atoms with Gasteiger partial charge in [-0.2, -0.15) is 0 Å². The van der Waals surface area contributed by atoms with Crippen LogP contribution in [0.1, 0.15) is 24.4 Å². The van der Waals surface area contributed by atoms with Crippen molar-refractivity contribution in [3.8, 4) is 5.75 Å². The van der Waals surface area contributed by atoms with Crippen LogP contribution >= 0.6 is 0 Å². The maximum Gasteiger partial charge on any atom is 0.124 e. The topological polar surface area (TPSA) is 53.1 Å². The third-order valence-electron chi connectivity index (χ3n) is 2.92. The van der Waals surface area contributed by atoms with Crippen LogP contribution in [0, 0.1) is 6.92 Å². The Labute approximate surface area is 107 Å². The first kappa shape index (κ1) is 12.6. The second kappa shape index (κ2) is 5.69. The van der Waals surface area contributed by atoms with Crippen LogP contribution in [0.5, 0.6) is 5.75 Å². The van der Waals surface area contributed by atoms with Gasteiger partial charge >= 0.3 is 0 Å².